The number of ether oxygens (including phenoxy) is 1. The van der Waals surface area contributed by atoms with E-state index in [2.05, 4.69) is 6.92 Å². The lowest BCUT2D eigenvalue weighted by molar-refractivity contribution is 0.101. The van der Waals surface area contributed by atoms with Gasteiger partial charge in [0.1, 0.15) is 0 Å². The van der Waals surface area contributed by atoms with Crippen LogP contribution in [0.5, 0.6) is 0 Å². The second-order valence-electron chi connectivity index (χ2n) is 3.57. The number of rotatable bonds is 3. The number of thiophene rings is 1. The quantitative estimate of drug-likeness (QED) is 0.734. The maximum atomic E-state index is 12.0. The van der Waals surface area contributed by atoms with E-state index in [9.17, 15) is 4.79 Å². The number of allylic oxidation sites excluding steroid dienone is 1. The number of ketones is 1. The van der Waals surface area contributed by atoms with Gasteiger partial charge in [0, 0.05) is 10.5 Å². The predicted octanol–water partition coefficient (Wildman–Crippen LogP) is 3.19. The minimum atomic E-state index is 0.138. The first-order valence-electron chi connectivity index (χ1n) is 5.25. The van der Waals surface area contributed by atoms with E-state index in [4.69, 9.17) is 4.74 Å². The van der Waals surface area contributed by atoms with Gasteiger partial charge in [-0.05, 0) is 31.4 Å². The zero-order valence-corrected chi connectivity index (χ0v) is 9.60. The molecule has 0 saturated carbocycles. The lowest BCUT2D eigenvalue weighted by atomic mass is 10.1. The molecule has 0 radical (unpaired) electrons. The standard InChI is InChI=1S/C12H14O2S/c1-2-10-5-6-11(15-10)12(13)9-4-3-7-14-8-9/h5-6,8H,2-4,7H2,1H3. The summed E-state index contributed by atoms with van der Waals surface area (Å²) >= 11 is 1.59. The molecule has 0 unspecified atom stereocenters. The Labute approximate surface area is 93.6 Å². The van der Waals surface area contributed by atoms with E-state index < -0.39 is 0 Å². The van der Waals surface area contributed by atoms with Crippen LogP contribution in [-0.2, 0) is 11.2 Å². The van der Waals surface area contributed by atoms with Crippen molar-refractivity contribution in [3.8, 4) is 0 Å². The largest absolute Gasteiger partial charge is 0.501 e. The number of aryl methyl sites for hydroxylation is 1. The Morgan fingerprint density at radius 1 is 1.53 bits per heavy atom. The molecule has 80 valence electrons. The summed E-state index contributed by atoms with van der Waals surface area (Å²) in [4.78, 5) is 14.1. The van der Waals surface area contributed by atoms with Crippen LogP contribution < -0.4 is 0 Å². The normalized spacial score (nSPS) is 15.7. The van der Waals surface area contributed by atoms with Gasteiger partial charge >= 0.3 is 0 Å². The maximum absolute atomic E-state index is 12.0. The average molecular weight is 222 g/mol. The van der Waals surface area contributed by atoms with Gasteiger partial charge < -0.3 is 4.74 Å². The Kier molecular flexibility index (Phi) is 3.21. The maximum Gasteiger partial charge on any atom is 0.201 e. The van der Waals surface area contributed by atoms with Gasteiger partial charge in [-0.15, -0.1) is 11.3 Å². The van der Waals surface area contributed by atoms with E-state index in [1.54, 1.807) is 17.6 Å². The van der Waals surface area contributed by atoms with Crippen LogP contribution in [0, 0.1) is 0 Å². The van der Waals surface area contributed by atoms with Crippen molar-refractivity contribution in [3.63, 3.8) is 0 Å². The van der Waals surface area contributed by atoms with Crippen molar-refractivity contribution in [1.29, 1.82) is 0 Å². The minimum absolute atomic E-state index is 0.138. The lowest BCUT2D eigenvalue weighted by Gasteiger charge is -2.11. The molecule has 0 saturated heterocycles. The minimum Gasteiger partial charge on any atom is -0.501 e. The molecular weight excluding hydrogens is 208 g/mol. The Morgan fingerprint density at radius 2 is 2.40 bits per heavy atom. The van der Waals surface area contributed by atoms with E-state index in [-0.39, 0.29) is 5.78 Å². The van der Waals surface area contributed by atoms with Crippen molar-refractivity contribution in [3.05, 3.63) is 33.7 Å². The zero-order chi connectivity index (χ0) is 10.7. The SMILES string of the molecule is CCc1ccc(C(=O)C2=COCCC2)s1. The third kappa shape index (κ3) is 2.29. The van der Waals surface area contributed by atoms with Crippen LogP contribution in [0.4, 0.5) is 0 Å². The number of hydrogen-bond donors (Lipinski definition) is 0. The first-order valence-corrected chi connectivity index (χ1v) is 6.07. The van der Waals surface area contributed by atoms with Crippen LogP contribution >= 0.6 is 11.3 Å². The zero-order valence-electron chi connectivity index (χ0n) is 8.79. The van der Waals surface area contributed by atoms with E-state index >= 15 is 0 Å². The van der Waals surface area contributed by atoms with Crippen LogP contribution in [0.2, 0.25) is 0 Å². The highest BCUT2D eigenvalue weighted by Gasteiger charge is 2.16. The molecule has 2 heterocycles. The molecule has 1 aromatic heterocycles. The van der Waals surface area contributed by atoms with Gasteiger partial charge in [-0.1, -0.05) is 6.92 Å². The summed E-state index contributed by atoms with van der Waals surface area (Å²) in [5, 5.41) is 0. The molecule has 0 bridgehead atoms. The third-order valence-electron chi connectivity index (χ3n) is 2.46. The Morgan fingerprint density at radius 3 is 3.00 bits per heavy atom. The molecule has 0 aromatic carbocycles. The van der Waals surface area contributed by atoms with Crippen molar-refractivity contribution < 1.29 is 9.53 Å². The van der Waals surface area contributed by atoms with Crippen molar-refractivity contribution in [1.82, 2.24) is 0 Å². The third-order valence-corrected chi connectivity index (χ3v) is 3.69. The van der Waals surface area contributed by atoms with Crippen LogP contribution in [0.15, 0.2) is 24.0 Å². The highest BCUT2D eigenvalue weighted by molar-refractivity contribution is 7.14. The van der Waals surface area contributed by atoms with Crippen molar-refractivity contribution in [2.24, 2.45) is 0 Å². The van der Waals surface area contributed by atoms with Crippen LogP contribution in [0.3, 0.4) is 0 Å². The number of hydrogen-bond acceptors (Lipinski definition) is 3. The predicted molar refractivity (Wildman–Crippen MR) is 61.3 cm³/mol. The lowest BCUT2D eigenvalue weighted by Crippen LogP contribution is -2.07. The summed E-state index contributed by atoms with van der Waals surface area (Å²) in [5.41, 5.74) is 0.811. The molecule has 0 aliphatic carbocycles. The van der Waals surface area contributed by atoms with Gasteiger partial charge in [0.25, 0.3) is 0 Å². The van der Waals surface area contributed by atoms with Crippen molar-refractivity contribution in [2.45, 2.75) is 26.2 Å². The van der Waals surface area contributed by atoms with Gasteiger partial charge in [-0.3, -0.25) is 4.79 Å². The summed E-state index contributed by atoms with van der Waals surface area (Å²) in [6.07, 6.45) is 4.41. The van der Waals surface area contributed by atoms with E-state index in [0.29, 0.717) is 0 Å². The van der Waals surface area contributed by atoms with Gasteiger partial charge in [0.05, 0.1) is 17.7 Å². The van der Waals surface area contributed by atoms with Crippen molar-refractivity contribution >= 4 is 17.1 Å². The molecule has 0 fully saturated rings. The summed E-state index contributed by atoms with van der Waals surface area (Å²) in [6, 6.07) is 3.95. The number of carbonyl (C=O) groups is 1. The Bertz CT molecular complexity index is 390. The fourth-order valence-corrected chi connectivity index (χ4v) is 2.50. The molecule has 15 heavy (non-hydrogen) atoms. The van der Waals surface area contributed by atoms with Gasteiger partial charge in [0.2, 0.25) is 5.78 Å². The summed E-state index contributed by atoms with van der Waals surface area (Å²) in [5.74, 6) is 0.138. The molecule has 0 atom stereocenters. The number of carbonyl (C=O) groups excluding carboxylic acids is 1. The Balaban J connectivity index is 2.16. The van der Waals surface area contributed by atoms with Crippen molar-refractivity contribution in [2.75, 3.05) is 6.61 Å². The fraction of sp³-hybridized carbons (Fsp3) is 0.417. The van der Waals surface area contributed by atoms with Gasteiger partial charge in [0.15, 0.2) is 0 Å². The summed E-state index contributed by atoms with van der Waals surface area (Å²) in [7, 11) is 0. The topological polar surface area (TPSA) is 26.3 Å². The van der Waals surface area contributed by atoms with E-state index in [0.717, 1.165) is 36.3 Å². The van der Waals surface area contributed by atoms with Gasteiger partial charge in [-0.25, -0.2) is 0 Å². The molecule has 1 aliphatic heterocycles. The second-order valence-corrected chi connectivity index (χ2v) is 4.73. The van der Waals surface area contributed by atoms with E-state index in [1.165, 1.54) is 4.88 Å². The first-order chi connectivity index (χ1) is 7.31. The van der Waals surface area contributed by atoms with Crippen LogP contribution in [0.1, 0.15) is 34.3 Å². The highest BCUT2D eigenvalue weighted by atomic mass is 32.1. The van der Waals surface area contributed by atoms with Crippen LogP contribution in [0.25, 0.3) is 0 Å². The highest BCUT2D eigenvalue weighted by Crippen LogP contribution is 2.23. The molecule has 3 heteroatoms. The molecule has 0 amide bonds. The Hall–Kier alpha value is -1.09. The molecule has 1 aliphatic rings. The molecule has 0 N–H and O–H groups in total. The molecule has 1 aromatic rings. The van der Waals surface area contributed by atoms with Gasteiger partial charge in [-0.2, -0.15) is 0 Å². The monoisotopic (exact) mass is 222 g/mol. The van der Waals surface area contributed by atoms with E-state index in [1.807, 2.05) is 12.1 Å². The molecule has 2 nitrogen and oxygen atoms in total. The molecular formula is C12H14O2S. The van der Waals surface area contributed by atoms with Crippen LogP contribution in [-0.4, -0.2) is 12.4 Å². The first kappa shape index (κ1) is 10.4. The smallest absolute Gasteiger partial charge is 0.201 e. The fourth-order valence-electron chi connectivity index (χ4n) is 1.58. The summed E-state index contributed by atoms with van der Waals surface area (Å²) in [6.45, 7) is 2.84. The average Bonchev–Trinajstić information content (AvgIpc) is 2.78. The second kappa shape index (κ2) is 4.62. The summed E-state index contributed by atoms with van der Waals surface area (Å²) < 4.78 is 5.18. The molecule has 2 rings (SSSR count). The molecule has 0 spiro atoms. The number of Topliss-reactive ketones (excluding diaryl/α,β-unsaturated/α-hetero) is 1.